The second-order valence-corrected chi connectivity index (χ2v) is 7.60. The van der Waals surface area contributed by atoms with Crippen LogP contribution in [0, 0.1) is 0 Å². The number of hydrogen-bond donors (Lipinski definition) is 2. The van der Waals surface area contributed by atoms with E-state index in [2.05, 4.69) is 10.6 Å². The molecule has 4 rings (SSSR count). The topological polar surface area (TPSA) is 89.8 Å². The number of rotatable bonds is 8. The van der Waals surface area contributed by atoms with Crippen molar-refractivity contribution in [3.8, 4) is 11.5 Å². The van der Waals surface area contributed by atoms with E-state index in [-0.39, 0.29) is 18.3 Å². The van der Waals surface area contributed by atoms with Crippen LogP contribution in [0.2, 0.25) is 5.02 Å². The van der Waals surface area contributed by atoms with Gasteiger partial charge in [0.05, 0.1) is 18.5 Å². The fourth-order valence-corrected chi connectivity index (χ4v) is 3.27. The van der Waals surface area contributed by atoms with E-state index in [4.69, 9.17) is 25.5 Å². The van der Waals surface area contributed by atoms with Crippen molar-refractivity contribution in [1.29, 1.82) is 0 Å². The summed E-state index contributed by atoms with van der Waals surface area (Å²) in [4.78, 5) is 25.3. The quantitative estimate of drug-likeness (QED) is 0.324. The van der Waals surface area contributed by atoms with Gasteiger partial charge in [-0.1, -0.05) is 35.9 Å². The lowest BCUT2D eigenvalue weighted by molar-refractivity contribution is 0.0989. The highest BCUT2D eigenvalue weighted by Gasteiger charge is 2.15. The van der Waals surface area contributed by atoms with Crippen LogP contribution in [-0.2, 0) is 6.61 Å². The molecule has 0 saturated carbocycles. The van der Waals surface area contributed by atoms with Crippen molar-refractivity contribution in [2.24, 2.45) is 0 Å². The third kappa shape index (κ3) is 5.57. The molecule has 0 spiro atoms. The lowest BCUT2D eigenvalue weighted by Crippen LogP contribution is -2.16. The summed E-state index contributed by atoms with van der Waals surface area (Å²) in [5.41, 5.74) is 1.32. The Morgan fingerprint density at radius 1 is 0.794 bits per heavy atom. The van der Waals surface area contributed by atoms with Crippen molar-refractivity contribution >= 4 is 34.8 Å². The normalized spacial score (nSPS) is 10.4. The first-order valence-corrected chi connectivity index (χ1v) is 10.7. The highest BCUT2D eigenvalue weighted by atomic mass is 35.5. The van der Waals surface area contributed by atoms with Crippen LogP contribution in [0.4, 0.5) is 11.4 Å². The van der Waals surface area contributed by atoms with Gasteiger partial charge in [0.25, 0.3) is 11.8 Å². The second kappa shape index (κ2) is 10.6. The summed E-state index contributed by atoms with van der Waals surface area (Å²) in [7, 11) is 1.56. The number of hydrogen-bond acceptors (Lipinski definition) is 5. The Labute approximate surface area is 201 Å². The van der Waals surface area contributed by atoms with E-state index >= 15 is 0 Å². The van der Waals surface area contributed by atoms with Gasteiger partial charge < -0.3 is 24.5 Å². The minimum absolute atomic E-state index is 0.109. The minimum Gasteiger partial charge on any atom is -0.493 e. The van der Waals surface area contributed by atoms with Crippen molar-refractivity contribution in [2.75, 3.05) is 17.7 Å². The Morgan fingerprint density at radius 3 is 2.09 bits per heavy atom. The molecular formula is C26H21ClN2O5. The number of halogens is 1. The maximum atomic E-state index is 12.8. The Morgan fingerprint density at radius 2 is 1.41 bits per heavy atom. The molecule has 2 amide bonds. The largest absolute Gasteiger partial charge is 0.493 e. The molecule has 0 aliphatic carbocycles. The van der Waals surface area contributed by atoms with E-state index in [1.807, 2.05) is 12.1 Å². The Balaban J connectivity index is 1.41. The first kappa shape index (κ1) is 22.9. The number of nitrogens with one attached hydrogen (secondary N) is 2. The van der Waals surface area contributed by atoms with Crippen LogP contribution in [0.3, 0.4) is 0 Å². The molecule has 1 heterocycles. The lowest BCUT2D eigenvalue weighted by atomic mass is 10.2. The summed E-state index contributed by atoms with van der Waals surface area (Å²) in [5, 5.41) is 6.10. The Hall–Kier alpha value is -4.23. The molecule has 0 aliphatic heterocycles. The SMILES string of the molecule is COc1ccccc1OCc1ccc(C(=O)Nc2ccccc2NC(=O)c2ccc(Cl)cc2)o1. The second-order valence-electron chi connectivity index (χ2n) is 7.17. The fraction of sp³-hybridized carbons (Fsp3) is 0.0769. The molecule has 172 valence electrons. The van der Waals surface area contributed by atoms with Crippen molar-refractivity contribution in [3.05, 3.63) is 107 Å². The van der Waals surface area contributed by atoms with E-state index in [0.717, 1.165) is 0 Å². The van der Waals surface area contributed by atoms with Crippen LogP contribution < -0.4 is 20.1 Å². The predicted octanol–water partition coefficient (Wildman–Crippen LogP) is 6.03. The van der Waals surface area contributed by atoms with Crippen LogP contribution in [0.15, 0.2) is 89.3 Å². The molecule has 3 aromatic carbocycles. The molecule has 0 bridgehead atoms. The molecule has 1 aromatic heterocycles. The zero-order valence-corrected chi connectivity index (χ0v) is 19.0. The molecule has 0 aliphatic rings. The van der Waals surface area contributed by atoms with Crippen molar-refractivity contribution in [1.82, 2.24) is 0 Å². The molecule has 34 heavy (non-hydrogen) atoms. The maximum Gasteiger partial charge on any atom is 0.291 e. The minimum atomic E-state index is -0.461. The molecule has 7 nitrogen and oxygen atoms in total. The smallest absolute Gasteiger partial charge is 0.291 e. The summed E-state index contributed by atoms with van der Waals surface area (Å²) in [6.45, 7) is 0.126. The molecule has 0 fully saturated rings. The van der Waals surface area contributed by atoms with E-state index in [1.165, 1.54) is 0 Å². The van der Waals surface area contributed by atoms with Gasteiger partial charge in [0.2, 0.25) is 0 Å². The van der Waals surface area contributed by atoms with Crippen LogP contribution in [0.1, 0.15) is 26.7 Å². The van der Waals surface area contributed by atoms with Gasteiger partial charge in [-0.3, -0.25) is 9.59 Å². The molecule has 0 unspecified atom stereocenters. The monoisotopic (exact) mass is 476 g/mol. The highest BCUT2D eigenvalue weighted by molar-refractivity contribution is 6.30. The molecule has 8 heteroatoms. The van der Waals surface area contributed by atoms with E-state index in [1.54, 1.807) is 79.9 Å². The van der Waals surface area contributed by atoms with E-state index in [0.29, 0.717) is 39.2 Å². The van der Waals surface area contributed by atoms with E-state index in [9.17, 15) is 9.59 Å². The van der Waals surface area contributed by atoms with Crippen LogP contribution in [-0.4, -0.2) is 18.9 Å². The number of carbonyl (C=O) groups is 2. The number of amides is 2. The van der Waals surface area contributed by atoms with Crippen molar-refractivity contribution in [3.63, 3.8) is 0 Å². The van der Waals surface area contributed by atoms with Gasteiger partial charge in [-0.2, -0.15) is 0 Å². The Kier molecular flexibility index (Phi) is 7.15. The van der Waals surface area contributed by atoms with Gasteiger partial charge in [-0.15, -0.1) is 0 Å². The average Bonchev–Trinajstić information content (AvgIpc) is 3.34. The summed E-state index contributed by atoms with van der Waals surface area (Å²) in [6.07, 6.45) is 0. The average molecular weight is 477 g/mol. The highest BCUT2D eigenvalue weighted by Crippen LogP contribution is 2.27. The van der Waals surface area contributed by atoms with Crippen LogP contribution >= 0.6 is 11.6 Å². The first-order chi connectivity index (χ1) is 16.5. The van der Waals surface area contributed by atoms with Gasteiger partial charge in [0.1, 0.15) is 12.4 Å². The summed E-state index contributed by atoms with van der Waals surface area (Å²) in [5.74, 6) is 0.962. The summed E-state index contributed by atoms with van der Waals surface area (Å²) < 4.78 is 16.6. The number of furan rings is 1. The van der Waals surface area contributed by atoms with E-state index < -0.39 is 5.91 Å². The summed E-state index contributed by atoms with van der Waals surface area (Å²) in [6, 6.07) is 23.9. The predicted molar refractivity (Wildman–Crippen MR) is 130 cm³/mol. The van der Waals surface area contributed by atoms with Gasteiger partial charge in [-0.25, -0.2) is 0 Å². The molecular weight excluding hydrogens is 456 g/mol. The molecule has 0 atom stereocenters. The number of para-hydroxylation sites is 4. The Bertz CT molecular complexity index is 1300. The fourth-order valence-electron chi connectivity index (χ4n) is 3.15. The maximum absolute atomic E-state index is 12.8. The molecule has 0 saturated heterocycles. The molecule has 2 N–H and O–H groups in total. The van der Waals surface area contributed by atoms with Gasteiger partial charge >= 0.3 is 0 Å². The molecule has 4 aromatic rings. The third-order valence-electron chi connectivity index (χ3n) is 4.85. The number of anilines is 2. The number of benzene rings is 3. The standard InChI is InChI=1S/C26H21ClN2O5/c1-32-22-8-4-5-9-23(22)33-16-19-14-15-24(34-19)26(31)29-21-7-3-2-6-20(21)28-25(30)17-10-12-18(27)13-11-17/h2-15H,16H2,1H3,(H,28,30)(H,29,31). The van der Waals surface area contributed by atoms with Crippen molar-refractivity contribution < 1.29 is 23.5 Å². The molecule has 0 radical (unpaired) electrons. The third-order valence-corrected chi connectivity index (χ3v) is 5.11. The number of methoxy groups -OCH3 is 1. The van der Waals surface area contributed by atoms with Gasteiger partial charge in [0, 0.05) is 10.6 Å². The number of carbonyl (C=O) groups excluding carboxylic acids is 2. The van der Waals surface area contributed by atoms with Crippen molar-refractivity contribution in [2.45, 2.75) is 6.61 Å². The summed E-state index contributed by atoms with van der Waals surface area (Å²) >= 11 is 5.88. The van der Waals surface area contributed by atoms with Crippen LogP contribution in [0.5, 0.6) is 11.5 Å². The first-order valence-electron chi connectivity index (χ1n) is 10.4. The number of ether oxygens (including phenoxy) is 2. The van der Waals surface area contributed by atoms with Gasteiger partial charge in [-0.05, 0) is 60.7 Å². The zero-order valence-electron chi connectivity index (χ0n) is 18.2. The zero-order chi connectivity index (χ0) is 23.9. The van der Waals surface area contributed by atoms with Gasteiger partial charge in [0.15, 0.2) is 17.3 Å². The lowest BCUT2D eigenvalue weighted by Gasteiger charge is -2.12. The van der Waals surface area contributed by atoms with Crippen LogP contribution in [0.25, 0.3) is 0 Å².